The van der Waals surface area contributed by atoms with Gasteiger partial charge in [0.1, 0.15) is 11.9 Å². The number of carbonyl (C=O) groups excluding carboxylic acids is 1. The Bertz CT molecular complexity index is 1600. The van der Waals surface area contributed by atoms with E-state index >= 15 is 0 Å². The van der Waals surface area contributed by atoms with E-state index in [0.717, 1.165) is 10.9 Å². The predicted octanol–water partition coefficient (Wildman–Crippen LogP) is 4.56. The Morgan fingerprint density at radius 3 is 2.51 bits per heavy atom. The van der Waals surface area contributed by atoms with Crippen molar-refractivity contribution in [1.82, 2.24) is 5.32 Å². The van der Waals surface area contributed by atoms with Gasteiger partial charge in [0.15, 0.2) is 11.5 Å². The van der Waals surface area contributed by atoms with E-state index in [2.05, 4.69) is 5.32 Å². The first-order chi connectivity index (χ1) is 18.9. The number of nitrogens with one attached hydrogen (secondary N) is 1. The summed E-state index contributed by atoms with van der Waals surface area (Å²) < 4.78 is 46.0. The lowest BCUT2D eigenvalue weighted by Gasteiger charge is -2.35. The molecule has 4 aromatic rings. The fourth-order valence-electron chi connectivity index (χ4n) is 4.80. The van der Waals surface area contributed by atoms with Crippen molar-refractivity contribution in [2.45, 2.75) is 23.8 Å². The summed E-state index contributed by atoms with van der Waals surface area (Å²) >= 11 is 0. The molecule has 1 N–H and O–H groups in total. The lowest BCUT2D eigenvalue weighted by Crippen LogP contribution is -2.45. The highest BCUT2D eigenvalue weighted by Crippen LogP contribution is 2.38. The number of methoxy groups -OCH3 is 2. The Kier molecular flexibility index (Phi) is 7.60. The van der Waals surface area contributed by atoms with Crippen molar-refractivity contribution in [3.05, 3.63) is 90.5 Å². The van der Waals surface area contributed by atoms with Crippen molar-refractivity contribution in [2.75, 3.05) is 31.6 Å². The Labute approximate surface area is 228 Å². The number of amides is 1. The second kappa shape index (κ2) is 11.2. The third kappa shape index (κ3) is 5.49. The molecule has 9 heteroatoms. The van der Waals surface area contributed by atoms with Crippen LogP contribution in [-0.4, -0.2) is 47.7 Å². The SMILES string of the molecule is COc1ccc(CCNC(=O)CC2CN(S(=O)(=O)c3cccc4ccccc34)c3ccccc3O2)cc1OC. The van der Waals surface area contributed by atoms with Gasteiger partial charge in [-0.3, -0.25) is 9.10 Å². The standard InChI is InChI=1S/C30H30N2O6S/c1-36-27-15-14-21(18-28(27)37-2)16-17-31-30(33)19-23-20-32(25-11-5-6-12-26(25)38-23)39(34,35)29-13-7-9-22-8-3-4-10-24(22)29/h3-15,18,23H,16-17,19-20H2,1-2H3,(H,31,33). The Morgan fingerprint density at radius 2 is 1.69 bits per heavy atom. The van der Waals surface area contributed by atoms with Gasteiger partial charge in [-0.05, 0) is 47.7 Å². The van der Waals surface area contributed by atoms with Crippen LogP contribution in [-0.2, 0) is 21.2 Å². The molecule has 0 radical (unpaired) electrons. The maximum absolute atomic E-state index is 14.0. The fourth-order valence-corrected chi connectivity index (χ4v) is 6.52. The van der Waals surface area contributed by atoms with Gasteiger partial charge in [0.05, 0.1) is 37.8 Å². The number of carbonyl (C=O) groups is 1. The highest BCUT2D eigenvalue weighted by atomic mass is 32.2. The van der Waals surface area contributed by atoms with Crippen LogP contribution in [0.5, 0.6) is 17.2 Å². The minimum atomic E-state index is -3.94. The summed E-state index contributed by atoms with van der Waals surface area (Å²) in [5.41, 5.74) is 1.44. The fraction of sp³-hybridized carbons (Fsp3) is 0.233. The van der Waals surface area contributed by atoms with E-state index in [-0.39, 0.29) is 23.8 Å². The molecule has 0 saturated heterocycles. The van der Waals surface area contributed by atoms with E-state index in [0.29, 0.717) is 41.3 Å². The molecule has 1 heterocycles. The molecule has 8 nitrogen and oxygen atoms in total. The quantitative estimate of drug-likeness (QED) is 0.331. The zero-order chi connectivity index (χ0) is 27.4. The summed E-state index contributed by atoms with van der Waals surface area (Å²) in [6.45, 7) is 0.432. The van der Waals surface area contributed by atoms with Gasteiger partial charge in [0.25, 0.3) is 10.0 Å². The second-order valence-corrected chi connectivity index (χ2v) is 11.0. The number of hydrogen-bond donors (Lipinski definition) is 1. The number of rotatable bonds is 9. The molecule has 0 fully saturated rings. The van der Waals surface area contributed by atoms with Gasteiger partial charge in [-0.1, -0.05) is 54.6 Å². The summed E-state index contributed by atoms with van der Waals surface area (Å²) in [6.07, 6.45) is -0.0325. The number of hydrogen-bond acceptors (Lipinski definition) is 6. The molecule has 0 aromatic heterocycles. The van der Waals surface area contributed by atoms with Crippen molar-refractivity contribution < 1.29 is 27.4 Å². The molecular weight excluding hydrogens is 516 g/mol. The van der Waals surface area contributed by atoms with E-state index in [1.165, 1.54) is 4.31 Å². The van der Waals surface area contributed by atoms with E-state index in [1.807, 2.05) is 42.5 Å². The van der Waals surface area contributed by atoms with Crippen LogP contribution in [0.25, 0.3) is 10.8 Å². The van der Waals surface area contributed by atoms with E-state index in [4.69, 9.17) is 14.2 Å². The van der Waals surface area contributed by atoms with Gasteiger partial charge in [-0.15, -0.1) is 0 Å². The minimum Gasteiger partial charge on any atom is -0.493 e. The average molecular weight is 547 g/mol. The first-order valence-corrected chi connectivity index (χ1v) is 14.1. The van der Waals surface area contributed by atoms with Crippen LogP contribution < -0.4 is 23.8 Å². The van der Waals surface area contributed by atoms with Crippen molar-refractivity contribution in [2.24, 2.45) is 0 Å². The summed E-state index contributed by atoms with van der Waals surface area (Å²) in [5.74, 6) is 1.48. The maximum atomic E-state index is 14.0. The second-order valence-electron chi connectivity index (χ2n) is 9.21. The molecule has 39 heavy (non-hydrogen) atoms. The molecule has 1 amide bonds. The molecule has 4 aromatic carbocycles. The first-order valence-electron chi connectivity index (χ1n) is 12.6. The average Bonchev–Trinajstić information content (AvgIpc) is 2.96. The summed E-state index contributed by atoms with van der Waals surface area (Å²) in [4.78, 5) is 13.1. The van der Waals surface area contributed by atoms with Crippen LogP contribution in [0.4, 0.5) is 5.69 Å². The topological polar surface area (TPSA) is 94.2 Å². The van der Waals surface area contributed by atoms with Gasteiger partial charge in [0.2, 0.25) is 5.91 Å². The molecule has 1 aliphatic heterocycles. The molecular formula is C30H30N2O6S. The van der Waals surface area contributed by atoms with Crippen LogP contribution in [0.15, 0.2) is 89.8 Å². The summed E-state index contributed by atoms with van der Waals surface area (Å²) in [5, 5.41) is 4.40. The monoisotopic (exact) mass is 546 g/mol. The zero-order valence-electron chi connectivity index (χ0n) is 21.8. The van der Waals surface area contributed by atoms with Crippen LogP contribution in [0.3, 0.4) is 0 Å². The Morgan fingerprint density at radius 1 is 0.949 bits per heavy atom. The van der Waals surface area contributed by atoms with Crippen molar-refractivity contribution in [1.29, 1.82) is 0 Å². The molecule has 0 bridgehead atoms. The predicted molar refractivity (Wildman–Crippen MR) is 150 cm³/mol. The number of ether oxygens (including phenoxy) is 3. The Hall–Kier alpha value is -4.24. The van der Waals surface area contributed by atoms with E-state index < -0.39 is 16.1 Å². The van der Waals surface area contributed by atoms with E-state index in [9.17, 15) is 13.2 Å². The van der Waals surface area contributed by atoms with Crippen LogP contribution in [0, 0.1) is 0 Å². The molecule has 5 rings (SSSR count). The maximum Gasteiger partial charge on any atom is 0.265 e. The van der Waals surface area contributed by atoms with Crippen molar-refractivity contribution in [3.8, 4) is 17.2 Å². The number of fused-ring (bicyclic) bond motifs is 2. The van der Waals surface area contributed by atoms with Crippen LogP contribution in [0.1, 0.15) is 12.0 Å². The lowest BCUT2D eigenvalue weighted by molar-refractivity contribution is -0.122. The highest BCUT2D eigenvalue weighted by Gasteiger charge is 2.36. The van der Waals surface area contributed by atoms with Crippen molar-refractivity contribution >= 4 is 32.4 Å². The zero-order valence-corrected chi connectivity index (χ0v) is 22.6. The number of nitrogens with zero attached hydrogens (tertiary/aromatic N) is 1. The molecule has 0 spiro atoms. The molecule has 202 valence electrons. The minimum absolute atomic E-state index is 0.0157. The van der Waals surface area contributed by atoms with E-state index in [1.54, 1.807) is 56.7 Å². The molecule has 1 aliphatic rings. The van der Waals surface area contributed by atoms with Gasteiger partial charge >= 0.3 is 0 Å². The molecule has 0 saturated carbocycles. The molecule has 0 aliphatic carbocycles. The smallest absolute Gasteiger partial charge is 0.265 e. The molecule has 1 unspecified atom stereocenters. The number of sulfonamides is 1. The largest absolute Gasteiger partial charge is 0.493 e. The van der Waals surface area contributed by atoms with Crippen LogP contribution >= 0.6 is 0 Å². The molecule has 1 atom stereocenters. The normalized spacial score (nSPS) is 14.8. The van der Waals surface area contributed by atoms with Crippen LogP contribution in [0.2, 0.25) is 0 Å². The van der Waals surface area contributed by atoms with Gasteiger partial charge in [-0.2, -0.15) is 0 Å². The van der Waals surface area contributed by atoms with Gasteiger partial charge < -0.3 is 19.5 Å². The third-order valence-corrected chi connectivity index (χ3v) is 8.55. The number of benzene rings is 4. The van der Waals surface area contributed by atoms with Gasteiger partial charge in [0, 0.05) is 11.9 Å². The number of anilines is 1. The summed E-state index contributed by atoms with van der Waals surface area (Å²) in [7, 11) is -0.777. The highest BCUT2D eigenvalue weighted by molar-refractivity contribution is 7.93. The van der Waals surface area contributed by atoms with Gasteiger partial charge in [-0.25, -0.2) is 8.42 Å². The third-order valence-electron chi connectivity index (χ3n) is 6.71. The summed E-state index contributed by atoms with van der Waals surface area (Å²) in [6, 6.07) is 25.3. The van der Waals surface area contributed by atoms with Crippen molar-refractivity contribution in [3.63, 3.8) is 0 Å². The first kappa shape index (κ1) is 26.4. The number of para-hydroxylation sites is 2. The lowest BCUT2D eigenvalue weighted by atomic mass is 10.1. The Balaban J connectivity index is 1.30.